The van der Waals surface area contributed by atoms with E-state index in [2.05, 4.69) is 24.2 Å². The van der Waals surface area contributed by atoms with Crippen molar-refractivity contribution in [2.75, 3.05) is 19.7 Å². The summed E-state index contributed by atoms with van der Waals surface area (Å²) in [4.78, 5) is 19.4. The second-order valence-electron chi connectivity index (χ2n) is 7.30. The van der Waals surface area contributed by atoms with Gasteiger partial charge in [-0.2, -0.15) is 5.10 Å². The minimum atomic E-state index is 0.0330. The molecular weight excluding hydrogens is 352 g/mol. The molecule has 28 heavy (non-hydrogen) atoms. The molecule has 6 heteroatoms. The van der Waals surface area contributed by atoms with Gasteiger partial charge in [0.1, 0.15) is 5.75 Å². The quantitative estimate of drug-likeness (QED) is 0.657. The lowest BCUT2D eigenvalue weighted by Gasteiger charge is -2.32. The zero-order valence-electron chi connectivity index (χ0n) is 16.3. The summed E-state index contributed by atoms with van der Waals surface area (Å²) in [5.74, 6) is 1.01. The molecule has 0 spiro atoms. The summed E-state index contributed by atoms with van der Waals surface area (Å²) >= 11 is 0. The molecule has 0 saturated carbocycles. The number of amides is 1. The monoisotopic (exact) mass is 378 g/mol. The highest BCUT2D eigenvalue weighted by molar-refractivity contribution is 5.78. The number of ether oxygens (including phenoxy) is 1. The van der Waals surface area contributed by atoms with Crippen LogP contribution in [-0.4, -0.2) is 45.3 Å². The fraction of sp³-hybridized carbons (Fsp3) is 0.409. The van der Waals surface area contributed by atoms with E-state index >= 15 is 0 Å². The van der Waals surface area contributed by atoms with Gasteiger partial charge < -0.3 is 9.64 Å². The molecule has 0 radical (unpaired) electrons. The molecule has 1 amide bonds. The molecule has 1 aliphatic rings. The van der Waals surface area contributed by atoms with Crippen molar-refractivity contribution in [1.29, 1.82) is 0 Å². The standard InChI is InChI=1S/C22H26N4O2/c1-2-12-26-22-17(14-23-26)10-11-20(24-22)18-7-6-13-25(15-18)21(27)16-28-19-8-4-3-5-9-19/h3-5,8-11,14,18H,2,6-7,12-13,15-16H2,1H3/t18-/m1/s1. The average Bonchev–Trinajstić information content (AvgIpc) is 3.15. The van der Waals surface area contributed by atoms with Gasteiger partial charge in [-0.1, -0.05) is 25.1 Å². The highest BCUT2D eigenvalue weighted by Gasteiger charge is 2.26. The number of nitrogens with zero attached hydrogens (tertiary/aromatic N) is 4. The number of piperidine rings is 1. The highest BCUT2D eigenvalue weighted by atomic mass is 16.5. The van der Waals surface area contributed by atoms with Crippen LogP contribution in [0.1, 0.15) is 37.8 Å². The minimum absolute atomic E-state index is 0.0330. The Hall–Kier alpha value is -2.89. The lowest BCUT2D eigenvalue weighted by Crippen LogP contribution is -2.41. The number of likely N-dealkylation sites (tertiary alicyclic amines) is 1. The molecule has 1 atom stereocenters. The SMILES string of the molecule is CCCn1ncc2ccc([C@@H]3CCCN(C(=O)COc4ccccc4)C3)nc21. The molecule has 0 aliphatic carbocycles. The van der Waals surface area contributed by atoms with E-state index in [4.69, 9.17) is 9.72 Å². The molecule has 6 nitrogen and oxygen atoms in total. The van der Waals surface area contributed by atoms with Crippen LogP contribution < -0.4 is 4.74 Å². The van der Waals surface area contributed by atoms with Gasteiger partial charge in [-0.25, -0.2) is 9.67 Å². The number of carbonyl (C=O) groups is 1. The Morgan fingerprint density at radius 2 is 2.07 bits per heavy atom. The maximum atomic E-state index is 12.6. The first-order valence-corrected chi connectivity index (χ1v) is 10.0. The Labute approximate surface area is 165 Å². The molecular formula is C22H26N4O2. The van der Waals surface area contributed by atoms with Gasteiger partial charge in [0.15, 0.2) is 12.3 Å². The lowest BCUT2D eigenvalue weighted by molar-refractivity contribution is -0.134. The molecule has 2 aromatic heterocycles. The molecule has 1 saturated heterocycles. The van der Waals surface area contributed by atoms with Crippen molar-refractivity contribution in [3.8, 4) is 5.75 Å². The largest absolute Gasteiger partial charge is 0.484 e. The van der Waals surface area contributed by atoms with Crippen molar-refractivity contribution >= 4 is 16.9 Å². The third kappa shape index (κ3) is 4.01. The fourth-order valence-electron chi connectivity index (χ4n) is 3.77. The fourth-order valence-corrected chi connectivity index (χ4v) is 3.77. The average molecular weight is 378 g/mol. The third-order valence-corrected chi connectivity index (χ3v) is 5.24. The van der Waals surface area contributed by atoms with Gasteiger partial charge in [-0.15, -0.1) is 0 Å². The molecule has 1 aliphatic heterocycles. The van der Waals surface area contributed by atoms with Gasteiger partial charge in [0.2, 0.25) is 0 Å². The zero-order chi connectivity index (χ0) is 19.3. The van der Waals surface area contributed by atoms with E-state index in [-0.39, 0.29) is 18.4 Å². The normalized spacial score (nSPS) is 17.0. The van der Waals surface area contributed by atoms with Crippen LogP contribution in [0.2, 0.25) is 0 Å². The maximum absolute atomic E-state index is 12.6. The number of hydrogen-bond donors (Lipinski definition) is 0. The van der Waals surface area contributed by atoms with Crippen molar-refractivity contribution in [2.45, 2.75) is 38.6 Å². The summed E-state index contributed by atoms with van der Waals surface area (Å²) in [6, 6.07) is 13.6. The summed E-state index contributed by atoms with van der Waals surface area (Å²) in [6.45, 7) is 4.55. The van der Waals surface area contributed by atoms with Gasteiger partial charge in [0.05, 0.1) is 6.20 Å². The predicted octanol–water partition coefficient (Wildman–Crippen LogP) is 3.63. The third-order valence-electron chi connectivity index (χ3n) is 5.24. The number of aromatic nitrogens is 3. The van der Waals surface area contributed by atoms with Crippen molar-refractivity contribution in [1.82, 2.24) is 19.7 Å². The Morgan fingerprint density at radius 1 is 1.21 bits per heavy atom. The number of rotatable bonds is 6. The predicted molar refractivity (Wildman–Crippen MR) is 108 cm³/mol. The van der Waals surface area contributed by atoms with Gasteiger partial charge in [0.25, 0.3) is 5.91 Å². The van der Waals surface area contributed by atoms with Crippen LogP contribution in [0.25, 0.3) is 11.0 Å². The Morgan fingerprint density at radius 3 is 2.89 bits per heavy atom. The molecule has 146 valence electrons. The highest BCUT2D eigenvalue weighted by Crippen LogP contribution is 2.27. The van der Waals surface area contributed by atoms with Gasteiger partial charge in [-0.3, -0.25) is 4.79 Å². The molecule has 1 fully saturated rings. The van der Waals surface area contributed by atoms with Crippen LogP contribution in [0.3, 0.4) is 0 Å². The Balaban J connectivity index is 1.43. The van der Waals surface area contributed by atoms with Crippen LogP contribution in [0, 0.1) is 0 Å². The second kappa shape index (κ2) is 8.42. The van der Waals surface area contributed by atoms with E-state index in [1.807, 2.05) is 46.1 Å². The summed E-state index contributed by atoms with van der Waals surface area (Å²) in [5, 5.41) is 5.51. The van der Waals surface area contributed by atoms with Crippen molar-refractivity contribution in [2.24, 2.45) is 0 Å². The van der Waals surface area contributed by atoms with Crippen LogP contribution >= 0.6 is 0 Å². The second-order valence-corrected chi connectivity index (χ2v) is 7.30. The van der Waals surface area contributed by atoms with E-state index in [1.54, 1.807) is 0 Å². The number of hydrogen-bond acceptors (Lipinski definition) is 4. The molecule has 0 unspecified atom stereocenters. The molecule has 1 aromatic carbocycles. The van der Waals surface area contributed by atoms with Crippen LogP contribution in [0.15, 0.2) is 48.7 Å². The van der Waals surface area contributed by atoms with Crippen molar-refractivity contribution < 1.29 is 9.53 Å². The summed E-state index contributed by atoms with van der Waals surface area (Å²) in [5.41, 5.74) is 1.99. The Bertz CT molecular complexity index is 938. The molecule has 0 bridgehead atoms. The minimum Gasteiger partial charge on any atom is -0.484 e. The number of benzene rings is 1. The number of pyridine rings is 1. The van der Waals surface area contributed by atoms with E-state index in [0.717, 1.165) is 54.8 Å². The summed E-state index contributed by atoms with van der Waals surface area (Å²) in [7, 11) is 0. The van der Waals surface area contributed by atoms with E-state index in [9.17, 15) is 4.79 Å². The number of aryl methyl sites for hydroxylation is 1. The van der Waals surface area contributed by atoms with Crippen molar-refractivity contribution in [3.05, 3.63) is 54.4 Å². The maximum Gasteiger partial charge on any atom is 0.260 e. The van der Waals surface area contributed by atoms with Crippen molar-refractivity contribution in [3.63, 3.8) is 0 Å². The van der Waals surface area contributed by atoms with Gasteiger partial charge in [0, 0.05) is 36.6 Å². The molecule has 0 N–H and O–H groups in total. The first kappa shape index (κ1) is 18.5. The van der Waals surface area contributed by atoms with E-state index < -0.39 is 0 Å². The zero-order valence-corrected chi connectivity index (χ0v) is 16.3. The molecule has 3 heterocycles. The molecule has 3 aromatic rings. The summed E-state index contributed by atoms with van der Waals surface area (Å²) < 4.78 is 7.60. The Kier molecular flexibility index (Phi) is 5.55. The van der Waals surface area contributed by atoms with E-state index in [0.29, 0.717) is 6.54 Å². The number of carbonyl (C=O) groups excluding carboxylic acids is 1. The smallest absolute Gasteiger partial charge is 0.260 e. The van der Waals surface area contributed by atoms with Crippen LogP contribution in [0.4, 0.5) is 0 Å². The van der Waals surface area contributed by atoms with Crippen LogP contribution in [0.5, 0.6) is 5.75 Å². The lowest BCUT2D eigenvalue weighted by atomic mass is 9.94. The number of fused-ring (bicyclic) bond motifs is 1. The topological polar surface area (TPSA) is 60.2 Å². The van der Waals surface area contributed by atoms with Crippen LogP contribution in [-0.2, 0) is 11.3 Å². The van der Waals surface area contributed by atoms with Gasteiger partial charge >= 0.3 is 0 Å². The first-order chi connectivity index (χ1) is 13.7. The number of para-hydroxylation sites is 1. The van der Waals surface area contributed by atoms with E-state index in [1.165, 1.54) is 0 Å². The summed E-state index contributed by atoms with van der Waals surface area (Å²) in [6.07, 6.45) is 4.93. The first-order valence-electron chi connectivity index (χ1n) is 10.0. The van der Waals surface area contributed by atoms with Gasteiger partial charge in [-0.05, 0) is 43.5 Å². The molecule has 4 rings (SSSR count).